The lowest BCUT2D eigenvalue weighted by atomic mass is 9.75. The van der Waals surface area contributed by atoms with Gasteiger partial charge in [0.05, 0.1) is 13.2 Å². The van der Waals surface area contributed by atoms with Crippen LogP contribution < -0.4 is 10.1 Å². The lowest BCUT2D eigenvalue weighted by Crippen LogP contribution is -2.42. The van der Waals surface area contributed by atoms with E-state index in [4.69, 9.17) is 4.74 Å². The van der Waals surface area contributed by atoms with E-state index in [2.05, 4.69) is 61.6 Å². The Morgan fingerprint density at radius 2 is 1.90 bits per heavy atom. The fourth-order valence-electron chi connectivity index (χ4n) is 3.05. The number of benzene rings is 2. The number of ether oxygens (including phenoxy) is 1. The molecule has 0 aromatic heterocycles. The van der Waals surface area contributed by atoms with Crippen molar-refractivity contribution in [3.8, 4) is 5.75 Å². The van der Waals surface area contributed by atoms with Crippen LogP contribution in [0.1, 0.15) is 36.6 Å². The summed E-state index contributed by atoms with van der Waals surface area (Å²) < 4.78 is 5.35. The Balaban J connectivity index is 2.07. The molecule has 0 amide bonds. The molecular weight excluding hydrogens is 246 g/mol. The normalized spacial score (nSPS) is 20.2. The summed E-state index contributed by atoms with van der Waals surface area (Å²) in [5.41, 5.74) is 4.24. The molecule has 0 saturated heterocycles. The maximum absolute atomic E-state index is 5.35. The van der Waals surface area contributed by atoms with Crippen molar-refractivity contribution in [3.05, 3.63) is 65.2 Å². The minimum atomic E-state index is 0.173. The summed E-state index contributed by atoms with van der Waals surface area (Å²) in [5.74, 6) is 0.909. The fraction of sp³-hybridized carbons (Fsp3) is 0.333. The van der Waals surface area contributed by atoms with Crippen molar-refractivity contribution in [1.82, 2.24) is 5.32 Å². The second-order valence-corrected chi connectivity index (χ2v) is 6.06. The van der Waals surface area contributed by atoms with Crippen molar-refractivity contribution < 1.29 is 4.74 Å². The van der Waals surface area contributed by atoms with Crippen LogP contribution in [0.2, 0.25) is 0 Å². The minimum Gasteiger partial charge on any atom is -0.497 e. The second kappa shape index (κ2) is 4.95. The highest BCUT2D eigenvalue weighted by atomic mass is 16.5. The molecule has 0 radical (unpaired) electrons. The summed E-state index contributed by atoms with van der Waals surface area (Å²) in [7, 11) is 1.71. The van der Waals surface area contributed by atoms with Gasteiger partial charge >= 0.3 is 0 Å². The smallest absolute Gasteiger partial charge is 0.119 e. The summed E-state index contributed by atoms with van der Waals surface area (Å²) in [6, 6.07) is 17.3. The Hall–Kier alpha value is -1.80. The van der Waals surface area contributed by atoms with Crippen molar-refractivity contribution in [1.29, 1.82) is 0 Å². The average molecular weight is 267 g/mol. The zero-order valence-corrected chi connectivity index (χ0v) is 12.3. The first kappa shape index (κ1) is 13.2. The predicted molar refractivity (Wildman–Crippen MR) is 82.3 cm³/mol. The lowest BCUT2D eigenvalue weighted by Gasteiger charge is -2.38. The monoisotopic (exact) mass is 267 g/mol. The van der Waals surface area contributed by atoms with Crippen molar-refractivity contribution in [2.45, 2.75) is 25.3 Å². The molecule has 0 fully saturated rings. The van der Waals surface area contributed by atoms with Crippen LogP contribution in [-0.2, 0) is 5.41 Å². The van der Waals surface area contributed by atoms with E-state index in [0.29, 0.717) is 0 Å². The maximum atomic E-state index is 5.35. The third-order valence-electron chi connectivity index (χ3n) is 4.18. The number of rotatable bonds is 2. The Bertz CT molecular complexity index is 618. The molecule has 1 heterocycles. The highest BCUT2D eigenvalue weighted by Crippen LogP contribution is 2.37. The number of fused-ring (bicyclic) bond motifs is 1. The van der Waals surface area contributed by atoms with Crippen LogP contribution in [0, 0.1) is 0 Å². The van der Waals surface area contributed by atoms with Gasteiger partial charge in [-0.1, -0.05) is 50.2 Å². The van der Waals surface area contributed by atoms with Crippen LogP contribution in [-0.4, -0.2) is 13.7 Å². The van der Waals surface area contributed by atoms with E-state index in [9.17, 15) is 0 Å². The van der Waals surface area contributed by atoms with Crippen LogP contribution in [0.25, 0.3) is 0 Å². The minimum absolute atomic E-state index is 0.173. The molecule has 0 aliphatic carbocycles. The van der Waals surface area contributed by atoms with Crippen LogP contribution >= 0.6 is 0 Å². The Kier molecular flexibility index (Phi) is 3.27. The van der Waals surface area contributed by atoms with Gasteiger partial charge in [0, 0.05) is 12.0 Å². The third-order valence-corrected chi connectivity index (χ3v) is 4.18. The van der Waals surface area contributed by atoms with Gasteiger partial charge in [0.25, 0.3) is 0 Å². The van der Waals surface area contributed by atoms with E-state index in [0.717, 1.165) is 12.3 Å². The summed E-state index contributed by atoms with van der Waals surface area (Å²) in [4.78, 5) is 0. The van der Waals surface area contributed by atoms with Crippen LogP contribution in [0.15, 0.2) is 48.5 Å². The molecule has 1 atom stereocenters. The molecular formula is C18H21NO. The molecule has 0 bridgehead atoms. The van der Waals surface area contributed by atoms with Crippen LogP contribution in [0.3, 0.4) is 0 Å². The topological polar surface area (TPSA) is 21.3 Å². The highest BCUT2D eigenvalue weighted by Gasteiger charge is 2.32. The number of methoxy groups -OCH3 is 1. The molecule has 2 aromatic carbocycles. The van der Waals surface area contributed by atoms with Crippen LogP contribution in [0.4, 0.5) is 0 Å². The van der Waals surface area contributed by atoms with Gasteiger partial charge in [-0.05, 0) is 28.8 Å². The van der Waals surface area contributed by atoms with Gasteiger partial charge in [0.2, 0.25) is 0 Å². The first-order valence-corrected chi connectivity index (χ1v) is 7.08. The predicted octanol–water partition coefficient (Wildman–Crippen LogP) is 3.67. The first-order valence-electron chi connectivity index (χ1n) is 7.08. The molecule has 3 rings (SSSR count). The second-order valence-electron chi connectivity index (χ2n) is 6.06. The standard InChI is InChI=1S/C18H21NO/c1-18(2)12-19-17(15-9-4-5-10-16(15)18)13-7-6-8-14(11-13)20-3/h4-11,17,19H,12H2,1-3H3. The van der Waals surface area contributed by atoms with Gasteiger partial charge in [-0.2, -0.15) is 0 Å². The molecule has 0 spiro atoms. The highest BCUT2D eigenvalue weighted by molar-refractivity contribution is 5.45. The van der Waals surface area contributed by atoms with Gasteiger partial charge in [0.1, 0.15) is 5.75 Å². The average Bonchev–Trinajstić information content (AvgIpc) is 2.47. The first-order chi connectivity index (χ1) is 9.62. The van der Waals surface area contributed by atoms with E-state index in [1.165, 1.54) is 16.7 Å². The number of nitrogens with one attached hydrogen (secondary N) is 1. The third kappa shape index (κ3) is 2.20. The van der Waals surface area contributed by atoms with E-state index in [1.54, 1.807) is 7.11 Å². The zero-order valence-electron chi connectivity index (χ0n) is 12.3. The summed E-state index contributed by atoms with van der Waals surface area (Å²) in [6.07, 6.45) is 0. The fourth-order valence-corrected chi connectivity index (χ4v) is 3.05. The zero-order chi connectivity index (χ0) is 14.2. The molecule has 1 unspecified atom stereocenters. The summed E-state index contributed by atoms with van der Waals surface area (Å²) in [6.45, 7) is 5.56. The van der Waals surface area contributed by atoms with Crippen molar-refractivity contribution in [2.75, 3.05) is 13.7 Å². The van der Waals surface area contributed by atoms with Gasteiger partial charge in [-0.3, -0.25) is 0 Å². The molecule has 20 heavy (non-hydrogen) atoms. The Labute approximate surface area is 120 Å². The molecule has 1 aliphatic heterocycles. The van der Waals surface area contributed by atoms with E-state index < -0.39 is 0 Å². The lowest BCUT2D eigenvalue weighted by molar-refractivity contribution is 0.400. The molecule has 2 nitrogen and oxygen atoms in total. The molecule has 1 N–H and O–H groups in total. The van der Waals surface area contributed by atoms with E-state index in [-0.39, 0.29) is 11.5 Å². The molecule has 1 aliphatic rings. The van der Waals surface area contributed by atoms with Gasteiger partial charge in [-0.15, -0.1) is 0 Å². The van der Waals surface area contributed by atoms with Gasteiger partial charge in [-0.25, -0.2) is 0 Å². The molecule has 2 aromatic rings. The largest absolute Gasteiger partial charge is 0.497 e. The molecule has 2 heteroatoms. The van der Waals surface area contributed by atoms with Gasteiger partial charge < -0.3 is 10.1 Å². The quantitative estimate of drug-likeness (QED) is 0.896. The van der Waals surface area contributed by atoms with Gasteiger partial charge in [0.15, 0.2) is 0 Å². The van der Waals surface area contributed by atoms with Crippen LogP contribution in [0.5, 0.6) is 5.75 Å². The number of hydrogen-bond donors (Lipinski definition) is 1. The molecule has 0 saturated carbocycles. The van der Waals surface area contributed by atoms with Crippen molar-refractivity contribution in [3.63, 3.8) is 0 Å². The molecule has 104 valence electrons. The van der Waals surface area contributed by atoms with Crippen molar-refractivity contribution >= 4 is 0 Å². The number of hydrogen-bond acceptors (Lipinski definition) is 2. The van der Waals surface area contributed by atoms with Crippen molar-refractivity contribution in [2.24, 2.45) is 0 Å². The summed E-state index contributed by atoms with van der Waals surface area (Å²) in [5, 5.41) is 3.68. The SMILES string of the molecule is COc1cccc(C2NCC(C)(C)c3ccccc32)c1. The van der Waals surface area contributed by atoms with E-state index >= 15 is 0 Å². The summed E-state index contributed by atoms with van der Waals surface area (Å²) >= 11 is 0. The Morgan fingerprint density at radius 3 is 2.70 bits per heavy atom. The Morgan fingerprint density at radius 1 is 1.10 bits per heavy atom. The maximum Gasteiger partial charge on any atom is 0.119 e. The van der Waals surface area contributed by atoms with E-state index in [1.807, 2.05) is 6.07 Å².